The molecule has 0 bridgehead atoms. The minimum atomic E-state index is -0.0844. The third-order valence-corrected chi connectivity index (χ3v) is 8.23. The highest BCUT2D eigenvalue weighted by atomic mass is 79.9. The van der Waals surface area contributed by atoms with E-state index in [4.69, 9.17) is 4.74 Å². The van der Waals surface area contributed by atoms with Crippen LogP contribution in [-0.4, -0.2) is 11.8 Å². The van der Waals surface area contributed by atoms with Crippen LogP contribution in [0.5, 0.6) is 0 Å². The molecule has 35 heavy (non-hydrogen) atoms. The van der Waals surface area contributed by atoms with E-state index in [2.05, 4.69) is 26.5 Å². The van der Waals surface area contributed by atoms with Gasteiger partial charge in [-0.25, -0.2) is 0 Å². The normalized spacial score (nSPS) is 19.3. The molecular formula is C32H66BrNO. The summed E-state index contributed by atoms with van der Waals surface area (Å²) in [7, 11) is 0. The van der Waals surface area contributed by atoms with E-state index in [-0.39, 0.29) is 22.7 Å². The SMILES string of the molecule is CCCCCCCCCCCCCCC(CCCCCCCCCCCCCC)C1OC1(C)[NH3+].[Br-]. The van der Waals surface area contributed by atoms with E-state index in [1.165, 1.54) is 167 Å². The molecule has 3 heteroatoms. The van der Waals surface area contributed by atoms with Gasteiger partial charge < -0.3 is 27.5 Å². The predicted molar refractivity (Wildman–Crippen MR) is 151 cm³/mol. The highest BCUT2D eigenvalue weighted by Crippen LogP contribution is 2.39. The minimum Gasteiger partial charge on any atom is -1.00 e. The van der Waals surface area contributed by atoms with Crippen LogP contribution in [0.1, 0.15) is 188 Å². The lowest BCUT2D eigenvalue weighted by Crippen LogP contribution is -3.00. The fourth-order valence-corrected chi connectivity index (χ4v) is 5.79. The number of ether oxygens (including phenoxy) is 1. The van der Waals surface area contributed by atoms with Crippen molar-refractivity contribution in [2.75, 3.05) is 0 Å². The van der Waals surface area contributed by atoms with Gasteiger partial charge in [0.05, 0.1) is 0 Å². The molecule has 1 aliphatic rings. The molecule has 0 aromatic carbocycles. The summed E-state index contributed by atoms with van der Waals surface area (Å²) in [6.45, 7) is 6.79. The van der Waals surface area contributed by atoms with Crippen LogP contribution in [0.4, 0.5) is 0 Å². The van der Waals surface area contributed by atoms with Gasteiger partial charge in [-0.2, -0.15) is 0 Å². The zero-order valence-electron chi connectivity index (χ0n) is 24.5. The summed E-state index contributed by atoms with van der Waals surface area (Å²) in [5.74, 6) is 0.758. The maximum atomic E-state index is 5.97. The summed E-state index contributed by atoms with van der Waals surface area (Å²) < 4.78 is 5.97. The first-order valence-electron chi connectivity index (χ1n) is 16.1. The van der Waals surface area contributed by atoms with Gasteiger partial charge in [0.2, 0.25) is 5.72 Å². The van der Waals surface area contributed by atoms with E-state index in [9.17, 15) is 0 Å². The Bertz CT molecular complexity index is 400. The van der Waals surface area contributed by atoms with Crippen molar-refractivity contribution >= 4 is 0 Å². The van der Waals surface area contributed by atoms with Crippen molar-refractivity contribution in [1.82, 2.24) is 0 Å². The van der Waals surface area contributed by atoms with Crippen LogP contribution < -0.4 is 22.7 Å². The lowest BCUT2D eigenvalue weighted by Gasteiger charge is -2.14. The molecule has 2 nitrogen and oxygen atoms in total. The first-order chi connectivity index (χ1) is 16.6. The second kappa shape index (κ2) is 24.7. The summed E-state index contributed by atoms with van der Waals surface area (Å²) in [6, 6.07) is 0. The van der Waals surface area contributed by atoms with Gasteiger partial charge in [0.1, 0.15) is 6.10 Å². The molecule has 2 atom stereocenters. The predicted octanol–water partition coefficient (Wildman–Crippen LogP) is 7.15. The van der Waals surface area contributed by atoms with Gasteiger partial charge in [-0.15, -0.1) is 0 Å². The number of halogens is 1. The summed E-state index contributed by atoms with van der Waals surface area (Å²) >= 11 is 0. The molecule has 0 aliphatic carbocycles. The zero-order chi connectivity index (χ0) is 24.7. The Hall–Kier alpha value is 0.400. The van der Waals surface area contributed by atoms with Crippen molar-refractivity contribution in [2.45, 2.75) is 200 Å². The van der Waals surface area contributed by atoms with Gasteiger partial charge in [0, 0.05) is 6.92 Å². The third kappa shape index (κ3) is 21.1. The maximum Gasteiger partial charge on any atom is 0.223 e. The van der Waals surface area contributed by atoms with Gasteiger partial charge in [-0.1, -0.05) is 168 Å². The number of hydrogen-bond acceptors (Lipinski definition) is 1. The smallest absolute Gasteiger partial charge is 0.223 e. The summed E-state index contributed by atoms with van der Waals surface area (Å²) in [6.07, 6.45) is 37.7. The molecular weight excluding hydrogens is 494 g/mol. The van der Waals surface area contributed by atoms with E-state index < -0.39 is 0 Å². The average molecular weight is 561 g/mol. The van der Waals surface area contributed by atoms with Crippen molar-refractivity contribution in [3.63, 3.8) is 0 Å². The Kier molecular flexibility index (Phi) is 25.0. The van der Waals surface area contributed by atoms with E-state index in [0.717, 1.165) is 5.92 Å². The van der Waals surface area contributed by atoms with Crippen LogP contribution in [-0.2, 0) is 4.74 Å². The molecule has 2 unspecified atom stereocenters. The standard InChI is InChI=1S/C32H65NO.BrH/c1-4-6-8-10-12-14-16-18-20-22-24-26-28-30(31-32(3,33)34-31)29-27-25-23-21-19-17-15-13-11-9-7-5-2;/h30-31H,4-29,33H2,1-3H3;1H. The highest BCUT2D eigenvalue weighted by Gasteiger charge is 2.57. The Labute approximate surface area is 232 Å². The van der Waals surface area contributed by atoms with Crippen LogP contribution in [0.3, 0.4) is 0 Å². The minimum absolute atomic E-state index is 0. The average Bonchev–Trinajstić information content (AvgIpc) is 3.46. The van der Waals surface area contributed by atoms with Crippen molar-refractivity contribution < 1.29 is 27.5 Å². The largest absolute Gasteiger partial charge is 1.00 e. The molecule has 1 fully saturated rings. The number of hydrogen-bond donors (Lipinski definition) is 1. The van der Waals surface area contributed by atoms with Crippen LogP contribution in [0.2, 0.25) is 0 Å². The summed E-state index contributed by atoms with van der Waals surface area (Å²) in [4.78, 5) is 0. The van der Waals surface area contributed by atoms with E-state index in [1.807, 2.05) is 0 Å². The molecule has 0 saturated carbocycles. The topological polar surface area (TPSA) is 40.2 Å². The van der Waals surface area contributed by atoms with Gasteiger partial charge in [0.25, 0.3) is 0 Å². The zero-order valence-corrected chi connectivity index (χ0v) is 26.1. The first-order valence-corrected chi connectivity index (χ1v) is 16.1. The molecule has 0 radical (unpaired) electrons. The van der Waals surface area contributed by atoms with Crippen molar-refractivity contribution in [1.29, 1.82) is 0 Å². The van der Waals surface area contributed by atoms with Gasteiger partial charge in [-0.05, 0) is 18.8 Å². The van der Waals surface area contributed by atoms with Gasteiger partial charge in [0.15, 0.2) is 0 Å². The maximum absolute atomic E-state index is 5.97. The van der Waals surface area contributed by atoms with Gasteiger partial charge >= 0.3 is 0 Å². The monoisotopic (exact) mass is 559 g/mol. The van der Waals surface area contributed by atoms with Crippen molar-refractivity contribution in [3.05, 3.63) is 0 Å². The fraction of sp³-hybridized carbons (Fsp3) is 1.00. The highest BCUT2D eigenvalue weighted by molar-refractivity contribution is 4.92. The Morgan fingerprint density at radius 3 is 0.971 bits per heavy atom. The Morgan fingerprint density at radius 2 is 0.743 bits per heavy atom. The Balaban J connectivity index is 0.0000116. The third-order valence-electron chi connectivity index (χ3n) is 8.23. The Morgan fingerprint density at radius 1 is 0.514 bits per heavy atom. The molecule has 0 spiro atoms. The molecule has 0 aromatic rings. The molecule has 1 heterocycles. The van der Waals surface area contributed by atoms with Crippen LogP contribution >= 0.6 is 0 Å². The molecule has 0 amide bonds. The number of epoxide rings is 1. The molecule has 1 aliphatic heterocycles. The molecule has 212 valence electrons. The van der Waals surface area contributed by atoms with E-state index in [0.29, 0.717) is 6.10 Å². The van der Waals surface area contributed by atoms with E-state index >= 15 is 0 Å². The van der Waals surface area contributed by atoms with E-state index in [1.54, 1.807) is 0 Å². The van der Waals surface area contributed by atoms with Crippen LogP contribution in [0.15, 0.2) is 0 Å². The molecule has 1 rings (SSSR count). The summed E-state index contributed by atoms with van der Waals surface area (Å²) in [5, 5.41) is 0. The molecule has 3 N–H and O–H groups in total. The fourth-order valence-electron chi connectivity index (χ4n) is 5.79. The number of quaternary nitrogens is 1. The molecule has 0 aromatic heterocycles. The van der Waals surface area contributed by atoms with Crippen LogP contribution in [0, 0.1) is 5.92 Å². The lowest BCUT2D eigenvalue weighted by atomic mass is 9.89. The quantitative estimate of drug-likeness (QED) is 0.0842. The van der Waals surface area contributed by atoms with Crippen LogP contribution in [0.25, 0.3) is 0 Å². The number of rotatable bonds is 27. The lowest BCUT2D eigenvalue weighted by molar-refractivity contribution is -0.464. The van der Waals surface area contributed by atoms with Crippen molar-refractivity contribution in [3.8, 4) is 0 Å². The van der Waals surface area contributed by atoms with Crippen molar-refractivity contribution in [2.24, 2.45) is 5.92 Å². The summed E-state index contributed by atoms with van der Waals surface area (Å²) in [5.41, 5.74) is 4.20. The number of unbranched alkanes of at least 4 members (excludes halogenated alkanes) is 22. The second-order valence-corrected chi connectivity index (χ2v) is 12.0. The molecule has 1 saturated heterocycles. The van der Waals surface area contributed by atoms with Gasteiger partial charge in [-0.3, -0.25) is 0 Å². The first kappa shape index (κ1) is 35.4. The second-order valence-electron chi connectivity index (χ2n) is 12.0.